The molecular weight excluding hydrogens is 228 g/mol. The summed E-state index contributed by atoms with van der Waals surface area (Å²) in [5.41, 5.74) is 3.30. The minimum Gasteiger partial charge on any atom is -0.303 e. The second-order valence-electron chi connectivity index (χ2n) is 4.91. The Hall–Kier alpha value is -1.62. The van der Waals surface area contributed by atoms with Gasteiger partial charge in [-0.05, 0) is 38.3 Å². The SMILES string of the molecule is CNCn1c(=O)c2c(c3cnn(C)c31)CCCC2. The van der Waals surface area contributed by atoms with Crippen molar-refractivity contribution < 1.29 is 0 Å². The molecule has 2 aromatic heterocycles. The van der Waals surface area contributed by atoms with Crippen LogP contribution in [0.1, 0.15) is 24.0 Å². The Morgan fingerprint density at radius 1 is 1.33 bits per heavy atom. The lowest BCUT2D eigenvalue weighted by Gasteiger charge is -2.19. The summed E-state index contributed by atoms with van der Waals surface area (Å²) in [4.78, 5) is 12.5. The highest BCUT2D eigenvalue weighted by molar-refractivity contribution is 5.80. The summed E-state index contributed by atoms with van der Waals surface area (Å²) < 4.78 is 3.59. The Bertz CT molecular complexity index is 653. The predicted octanol–water partition coefficient (Wildman–Crippen LogP) is 0.791. The summed E-state index contributed by atoms with van der Waals surface area (Å²) in [6.07, 6.45) is 6.10. The Labute approximate surface area is 105 Å². The number of nitrogens with zero attached hydrogens (tertiary/aromatic N) is 3. The third kappa shape index (κ3) is 1.50. The molecule has 5 nitrogen and oxygen atoms in total. The van der Waals surface area contributed by atoms with E-state index in [9.17, 15) is 4.79 Å². The third-order valence-electron chi connectivity index (χ3n) is 3.78. The molecule has 0 amide bonds. The number of rotatable bonds is 2. The summed E-state index contributed by atoms with van der Waals surface area (Å²) in [7, 11) is 3.75. The molecule has 0 aliphatic heterocycles. The van der Waals surface area contributed by atoms with E-state index < -0.39 is 0 Å². The molecule has 1 N–H and O–H groups in total. The number of fused-ring (bicyclic) bond motifs is 3. The highest BCUT2D eigenvalue weighted by atomic mass is 16.1. The Morgan fingerprint density at radius 2 is 2.06 bits per heavy atom. The summed E-state index contributed by atoms with van der Waals surface area (Å²) in [5, 5.41) is 8.52. The topological polar surface area (TPSA) is 51.9 Å². The number of nitrogens with one attached hydrogen (secondary N) is 1. The zero-order chi connectivity index (χ0) is 12.7. The molecule has 0 spiro atoms. The third-order valence-corrected chi connectivity index (χ3v) is 3.78. The van der Waals surface area contributed by atoms with Gasteiger partial charge in [-0.15, -0.1) is 0 Å². The van der Waals surface area contributed by atoms with E-state index in [-0.39, 0.29) is 5.56 Å². The second-order valence-corrected chi connectivity index (χ2v) is 4.91. The van der Waals surface area contributed by atoms with Gasteiger partial charge < -0.3 is 5.32 Å². The molecule has 5 heteroatoms. The lowest BCUT2D eigenvalue weighted by atomic mass is 9.91. The van der Waals surface area contributed by atoms with Gasteiger partial charge in [0.2, 0.25) is 0 Å². The molecule has 0 bridgehead atoms. The molecule has 0 radical (unpaired) electrons. The largest absolute Gasteiger partial charge is 0.303 e. The fourth-order valence-electron chi connectivity index (χ4n) is 2.97. The zero-order valence-corrected chi connectivity index (χ0v) is 10.9. The van der Waals surface area contributed by atoms with Crippen LogP contribution in [0.3, 0.4) is 0 Å². The number of aromatic nitrogens is 3. The van der Waals surface area contributed by atoms with Crippen LogP contribution in [0.5, 0.6) is 0 Å². The van der Waals surface area contributed by atoms with Gasteiger partial charge >= 0.3 is 0 Å². The van der Waals surface area contributed by atoms with Crippen molar-refractivity contribution in [1.82, 2.24) is 19.7 Å². The first-order chi connectivity index (χ1) is 8.74. The molecule has 2 aromatic rings. The van der Waals surface area contributed by atoms with E-state index in [1.165, 1.54) is 12.0 Å². The van der Waals surface area contributed by atoms with Gasteiger partial charge in [0.1, 0.15) is 5.65 Å². The van der Waals surface area contributed by atoms with Crippen LogP contribution >= 0.6 is 0 Å². The van der Waals surface area contributed by atoms with Gasteiger partial charge in [-0.2, -0.15) is 5.10 Å². The lowest BCUT2D eigenvalue weighted by molar-refractivity contribution is 0.583. The van der Waals surface area contributed by atoms with Crippen molar-refractivity contribution in [2.45, 2.75) is 32.4 Å². The van der Waals surface area contributed by atoms with Crippen molar-refractivity contribution in [2.24, 2.45) is 7.05 Å². The maximum absolute atomic E-state index is 12.5. The van der Waals surface area contributed by atoms with Crippen LogP contribution in [0.2, 0.25) is 0 Å². The maximum Gasteiger partial charge on any atom is 0.256 e. The quantitative estimate of drug-likeness (QED) is 0.852. The number of aryl methyl sites for hydroxylation is 2. The fourth-order valence-corrected chi connectivity index (χ4v) is 2.97. The molecule has 1 aliphatic rings. The van der Waals surface area contributed by atoms with E-state index in [1.54, 1.807) is 9.25 Å². The normalized spacial score (nSPS) is 15.0. The van der Waals surface area contributed by atoms with E-state index >= 15 is 0 Å². The van der Waals surface area contributed by atoms with E-state index in [0.717, 1.165) is 35.9 Å². The first-order valence-electron chi connectivity index (χ1n) is 6.45. The molecule has 0 fully saturated rings. The highest BCUT2D eigenvalue weighted by Crippen LogP contribution is 2.26. The van der Waals surface area contributed by atoms with Crippen LogP contribution < -0.4 is 10.9 Å². The van der Waals surface area contributed by atoms with Crippen LogP contribution in [0.4, 0.5) is 0 Å². The van der Waals surface area contributed by atoms with E-state index in [1.807, 2.05) is 20.3 Å². The average molecular weight is 246 g/mol. The van der Waals surface area contributed by atoms with Crippen molar-refractivity contribution in [1.29, 1.82) is 0 Å². The maximum atomic E-state index is 12.5. The van der Waals surface area contributed by atoms with Gasteiger partial charge in [0, 0.05) is 18.0 Å². The monoisotopic (exact) mass is 246 g/mol. The van der Waals surface area contributed by atoms with Crippen molar-refractivity contribution in [3.05, 3.63) is 27.7 Å². The Balaban J connectivity index is 2.41. The molecule has 0 saturated heterocycles. The van der Waals surface area contributed by atoms with Crippen molar-refractivity contribution >= 4 is 11.0 Å². The van der Waals surface area contributed by atoms with E-state index in [2.05, 4.69) is 10.4 Å². The number of hydrogen-bond donors (Lipinski definition) is 1. The van der Waals surface area contributed by atoms with Crippen LogP contribution in [0.15, 0.2) is 11.0 Å². The van der Waals surface area contributed by atoms with Crippen LogP contribution in [0, 0.1) is 0 Å². The van der Waals surface area contributed by atoms with E-state index in [0.29, 0.717) is 6.67 Å². The zero-order valence-electron chi connectivity index (χ0n) is 10.9. The molecule has 0 saturated carbocycles. The molecule has 2 heterocycles. The highest BCUT2D eigenvalue weighted by Gasteiger charge is 2.21. The van der Waals surface area contributed by atoms with Crippen LogP contribution in [-0.2, 0) is 26.6 Å². The van der Waals surface area contributed by atoms with Crippen molar-refractivity contribution in [2.75, 3.05) is 7.05 Å². The average Bonchev–Trinajstić information content (AvgIpc) is 2.77. The predicted molar refractivity (Wildman–Crippen MR) is 70.7 cm³/mol. The van der Waals surface area contributed by atoms with Crippen molar-refractivity contribution in [3.8, 4) is 0 Å². The van der Waals surface area contributed by atoms with Gasteiger partial charge in [0.25, 0.3) is 5.56 Å². The summed E-state index contributed by atoms with van der Waals surface area (Å²) in [6.45, 7) is 0.530. The van der Waals surface area contributed by atoms with Crippen LogP contribution in [-0.4, -0.2) is 21.4 Å². The summed E-state index contributed by atoms with van der Waals surface area (Å²) in [5.74, 6) is 0. The van der Waals surface area contributed by atoms with Gasteiger partial charge in [-0.3, -0.25) is 14.0 Å². The summed E-state index contributed by atoms with van der Waals surface area (Å²) in [6, 6.07) is 0. The lowest BCUT2D eigenvalue weighted by Crippen LogP contribution is -2.32. The minimum atomic E-state index is 0.148. The van der Waals surface area contributed by atoms with Gasteiger partial charge in [0.05, 0.1) is 12.9 Å². The van der Waals surface area contributed by atoms with E-state index in [4.69, 9.17) is 0 Å². The Kier molecular flexibility index (Phi) is 2.70. The molecule has 1 aliphatic carbocycles. The first-order valence-corrected chi connectivity index (χ1v) is 6.45. The summed E-state index contributed by atoms with van der Waals surface area (Å²) >= 11 is 0. The number of pyridine rings is 1. The molecule has 0 aromatic carbocycles. The van der Waals surface area contributed by atoms with Gasteiger partial charge in [-0.1, -0.05) is 0 Å². The van der Waals surface area contributed by atoms with Gasteiger partial charge in [0.15, 0.2) is 0 Å². The molecule has 0 unspecified atom stereocenters. The van der Waals surface area contributed by atoms with Gasteiger partial charge in [-0.25, -0.2) is 0 Å². The molecule has 18 heavy (non-hydrogen) atoms. The first kappa shape index (κ1) is 11.5. The van der Waals surface area contributed by atoms with Crippen LogP contribution in [0.25, 0.3) is 11.0 Å². The molecule has 96 valence electrons. The standard InChI is InChI=1S/C13H18N4O/c1-14-8-17-12-11(7-15-16(12)2)9-5-3-4-6-10(9)13(17)18/h7,14H,3-6,8H2,1-2H3. The second kappa shape index (κ2) is 4.24. The molecule has 0 atom stereocenters. The van der Waals surface area contributed by atoms with Crippen molar-refractivity contribution in [3.63, 3.8) is 0 Å². The minimum absolute atomic E-state index is 0.148. The fraction of sp³-hybridized carbons (Fsp3) is 0.538. The Morgan fingerprint density at radius 3 is 2.78 bits per heavy atom. The molecular formula is C13H18N4O. The smallest absolute Gasteiger partial charge is 0.256 e. The number of hydrogen-bond acceptors (Lipinski definition) is 3. The molecule has 3 rings (SSSR count).